The molecule has 1 aliphatic heterocycles. The van der Waals surface area contributed by atoms with E-state index in [0.29, 0.717) is 0 Å². The van der Waals surface area contributed by atoms with Crippen molar-refractivity contribution < 1.29 is 18.7 Å². The number of rotatable bonds is 4. The van der Waals surface area contributed by atoms with E-state index in [1.54, 1.807) is 0 Å². The van der Waals surface area contributed by atoms with E-state index in [2.05, 4.69) is 5.32 Å². The molecule has 2 atom stereocenters. The largest absolute Gasteiger partial charge is 0.395 e. The number of hydrogen-bond donors (Lipinski definition) is 2. The first-order chi connectivity index (χ1) is 10.0. The molecule has 6 heteroatoms. The minimum Gasteiger partial charge on any atom is -0.395 e. The first-order valence-electron chi connectivity index (χ1n) is 7.12. The van der Waals surface area contributed by atoms with Gasteiger partial charge in [0.1, 0.15) is 0 Å². The van der Waals surface area contributed by atoms with Crippen molar-refractivity contribution in [1.29, 1.82) is 0 Å². The van der Waals surface area contributed by atoms with Crippen molar-refractivity contribution in [2.75, 3.05) is 18.5 Å². The normalized spacial score (nSPS) is 23.0. The van der Waals surface area contributed by atoms with E-state index in [4.69, 9.17) is 0 Å². The summed E-state index contributed by atoms with van der Waals surface area (Å²) < 4.78 is 25.9. The van der Waals surface area contributed by atoms with E-state index >= 15 is 0 Å². The number of likely N-dealkylation sites (tertiary alicyclic amines) is 1. The average Bonchev–Trinajstić information content (AvgIpc) is 2.45. The SMILES string of the molecule is CC1CCCC(CO)N1CC(=O)Nc1ccc(F)c(F)c1. The molecule has 0 saturated carbocycles. The molecule has 1 heterocycles. The molecule has 1 saturated heterocycles. The molecule has 0 aliphatic carbocycles. The quantitative estimate of drug-likeness (QED) is 0.895. The summed E-state index contributed by atoms with van der Waals surface area (Å²) in [7, 11) is 0. The molecule has 21 heavy (non-hydrogen) atoms. The monoisotopic (exact) mass is 298 g/mol. The number of carbonyl (C=O) groups is 1. The third-order valence-corrected chi connectivity index (χ3v) is 3.93. The maximum absolute atomic E-state index is 13.1. The van der Waals surface area contributed by atoms with Gasteiger partial charge in [-0.25, -0.2) is 8.78 Å². The Morgan fingerprint density at radius 2 is 2.14 bits per heavy atom. The van der Waals surface area contributed by atoms with Gasteiger partial charge in [0.05, 0.1) is 13.2 Å². The summed E-state index contributed by atoms with van der Waals surface area (Å²) in [5, 5.41) is 11.9. The third kappa shape index (κ3) is 3.98. The highest BCUT2D eigenvalue weighted by molar-refractivity contribution is 5.92. The second-order valence-corrected chi connectivity index (χ2v) is 5.47. The summed E-state index contributed by atoms with van der Waals surface area (Å²) in [5.74, 6) is -2.24. The second kappa shape index (κ2) is 6.95. The number of amides is 1. The molecule has 1 aliphatic rings. The van der Waals surface area contributed by atoms with Crippen LogP contribution in [-0.2, 0) is 4.79 Å². The van der Waals surface area contributed by atoms with Crippen molar-refractivity contribution in [2.24, 2.45) is 0 Å². The molecule has 0 spiro atoms. The number of piperidine rings is 1. The molecule has 116 valence electrons. The third-order valence-electron chi connectivity index (χ3n) is 3.93. The predicted octanol–water partition coefficient (Wildman–Crippen LogP) is 2.14. The lowest BCUT2D eigenvalue weighted by Gasteiger charge is -2.39. The summed E-state index contributed by atoms with van der Waals surface area (Å²) in [4.78, 5) is 14.0. The maximum atomic E-state index is 13.1. The van der Waals surface area contributed by atoms with Gasteiger partial charge in [0.2, 0.25) is 5.91 Å². The summed E-state index contributed by atoms with van der Waals surface area (Å²) >= 11 is 0. The molecule has 1 fully saturated rings. The minimum atomic E-state index is -0.993. The zero-order valence-corrected chi connectivity index (χ0v) is 12.0. The van der Waals surface area contributed by atoms with Crippen molar-refractivity contribution in [3.8, 4) is 0 Å². The van der Waals surface area contributed by atoms with E-state index in [1.165, 1.54) is 6.07 Å². The highest BCUT2D eigenvalue weighted by Crippen LogP contribution is 2.22. The Morgan fingerprint density at radius 3 is 2.81 bits per heavy atom. The van der Waals surface area contributed by atoms with Crippen LogP contribution in [0.5, 0.6) is 0 Å². The van der Waals surface area contributed by atoms with Crippen LogP contribution in [0.3, 0.4) is 0 Å². The molecule has 0 radical (unpaired) electrons. The summed E-state index contributed by atoms with van der Waals surface area (Å²) in [6.45, 7) is 2.17. The van der Waals surface area contributed by atoms with E-state index in [9.17, 15) is 18.7 Å². The Balaban J connectivity index is 1.98. The molecular formula is C15H20F2N2O2. The zero-order valence-electron chi connectivity index (χ0n) is 12.0. The van der Waals surface area contributed by atoms with E-state index in [-0.39, 0.29) is 36.8 Å². The van der Waals surface area contributed by atoms with Gasteiger partial charge in [0, 0.05) is 23.8 Å². The van der Waals surface area contributed by atoms with Crippen LogP contribution in [0.25, 0.3) is 0 Å². The Kier molecular flexibility index (Phi) is 5.25. The van der Waals surface area contributed by atoms with Crippen LogP contribution in [0.4, 0.5) is 14.5 Å². The molecule has 0 bridgehead atoms. The van der Waals surface area contributed by atoms with E-state index in [1.807, 2.05) is 11.8 Å². The molecular weight excluding hydrogens is 278 g/mol. The highest BCUT2D eigenvalue weighted by Gasteiger charge is 2.28. The Morgan fingerprint density at radius 1 is 1.38 bits per heavy atom. The number of nitrogens with zero attached hydrogens (tertiary/aromatic N) is 1. The predicted molar refractivity (Wildman–Crippen MR) is 75.9 cm³/mol. The van der Waals surface area contributed by atoms with Gasteiger partial charge in [-0.3, -0.25) is 9.69 Å². The van der Waals surface area contributed by atoms with E-state index in [0.717, 1.165) is 31.4 Å². The number of aliphatic hydroxyl groups excluding tert-OH is 1. The number of nitrogens with one attached hydrogen (secondary N) is 1. The van der Waals surface area contributed by atoms with Crippen molar-refractivity contribution in [3.63, 3.8) is 0 Å². The number of aliphatic hydroxyl groups is 1. The fourth-order valence-corrected chi connectivity index (χ4v) is 2.76. The smallest absolute Gasteiger partial charge is 0.238 e. The number of hydrogen-bond acceptors (Lipinski definition) is 3. The number of anilines is 1. The summed E-state index contributed by atoms with van der Waals surface area (Å²) in [6.07, 6.45) is 2.88. The Labute approximate surface area is 122 Å². The standard InChI is InChI=1S/C15H20F2N2O2/c1-10-3-2-4-12(9-20)19(10)8-15(21)18-11-5-6-13(16)14(17)7-11/h5-7,10,12,20H,2-4,8-9H2,1H3,(H,18,21). The topological polar surface area (TPSA) is 52.6 Å². The molecule has 4 nitrogen and oxygen atoms in total. The van der Waals surface area contributed by atoms with Gasteiger partial charge in [-0.05, 0) is 31.9 Å². The summed E-state index contributed by atoms with van der Waals surface area (Å²) in [5.41, 5.74) is 0.226. The van der Waals surface area contributed by atoms with Crippen LogP contribution < -0.4 is 5.32 Å². The first-order valence-corrected chi connectivity index (χ1v) is 7.12. The van der Waals surface area contributed by atoms with Gasteiger partial charge >= 0.3 is 0 Å². The first kappa shape index (κ1) is 15.9. The number of carbonyl (C=O) groups excluding carboxylic acids is 1. The second-order valence-electron chi connectivity index (χ2n) is 5.47. The Hall–Kier alpha value is -1.53. The maximum Gasteiger partial charge on any atom is 0.238 e. The fourth-order valence-electron chi connectivity index (χ4n) is 2.76. The molecule has 2 rings (SSSR count). The summed E-state index contributed by atoms with van der Waals surface area (Å²) in [6, 6.07) is 3.44. The van der Waals surface area contributed by atoms with Crippen LogP contribution in [0, 0.1) is 11.6 Å². The van der Waals surface area contributed by atoms with Gasteiger partial charge in [0.25, 0.3) is 0 Å². The minimum absolute atomic E-state index is 0.0167. The van der Waals surface area contributed by atoms with Crippen LogP contribution >= 0.6 is 0 Å². The van der Waals surface area contributed by atoms with Gasteiger partial charge in [-0.15, -0.1) is 0 Å². The molecule has 1 amide bonds. The van der Waals surface area contributed by atoms with Gasteiger partial charge in [-0.1, -0.05) is 6.42 Å². The van der Waals surface area contributed by atoms with E-state index < -0.39 is 11.6 Å². The van der Waals surface area contributed by atoms with Crippen molar-refractivity contribution >= 4 is 11.6 Å². The lowest BCUT2D eigenvalue weighted by atomic mass is 9.97. The van der Waals surface area contributed by atoms with Crippen LogP contribution in [0.2, 0.25) is 0 Å². The molecule has 1 aromatic carbocycles. The molecule has 0 aromatic heterocycles. The molecule has 1 aromatic rings. The molecule has 2 N–H and O–H groups in total. The zero-order chi connectivity index (χ0) is 15.4. The van der Waals surface area contributed by atoms with Crippen LogP contribution in [-0.4, -0.2) is 41.1 Å². The van der Waals surface area contributed by atoms with Crippen molar-refractivity contribution in [3.05, 3.63) is 29.8 Å². The average molecular weight is 298 g/mol. The van der Waals surface area contributed by atoms with Crippen LogP contribution in [0.15, 0.2) is 18.2 Å². The van der Waals surface area contributed by atoms with Gasteiger partial charge < -0.3 is 10.4 Å². The van der Waals surface area contributed by atoms with Crippen LogP contribution in [0.1, 0.15) is 26.2 Å². The Bertz CT molecular complexity index is 510. The highest BCUT2D eigenvalue weighted by atomic mass is 19.2. The number of halogens is 2. The van der Waals surface area contributed by atoms with Gasteiger partial charge in [0.15, 0.2) is 11.6 Å². The van der Waals surface area contributed by atoms with Gasteiger partial charge in [-0.2, -0.15) is 0 Å². The lowest BCUT2D eigenvalue weighted by Crippen LogP contribution is -2.50. The fraction of sp³-hybridized carbons (Fsp3) is 0.533. The molecule has 2 unspecified atom stereocenters. The lowest BCUT2D eigenvalue weighted by molar-refractivity contribution is -0.119. The number of benzene rings is 1. The van der Waals surface area contributed by atoms with Crippen molar-refractivity contribution in [1.82, 2.24) is 4.90 Å². The van der Waals surface area contributed by atoms with Crippen molar-refractivity contribution in [2.45, 2.75) is 38.3 Å².